The molecule has 30 heavy (non-hydrogen) atoms. The zero-order valence-electron chi connectivity index (χ0n) is 18.8. The minimum Gasteiger partial charge on any atom is -0.348 e. The minimum atomic E-state index is -0.0385. The smallest absolute Gasteiger partial charge is 0.221 e. The van der Waals surface area contributed by atoms with Gasteiger partial charge in [-0.2, -0.15) is 0 Å². The summed E-state index contributed by atoms with van der Waals surface area (Å²) in [4.78, 5) is 19.9. The number of hydrogen-bond acceptors (Lipinski definition) is 3. The van der Waals surface area contributed by atoms with Crippen LogP contribution in [-0.4, -0.2) is 34.9 Å². The molecule has 4 nitrogen and oxygen atoms in total. The molecule has 0 bridgehead atoms. The van der Waals surface area contributed by atoms with Crippen LogP contribution in [0.2, 0.25) is 0 Å². The molecule has 1 aromatic heterocycles. The lowest BCUT2D eigenvalue weighted by molar-refractivity contribution is -0.123. The molecule has 162 valence electrons. The molecular weight excluding hydrogens is 370 g/mol. The van der Waals surface area contributed by atoms with Crippen molar-refractivity contribution in [2.45, 2.75) is 71.4 Å². The Hall–Kier alpha value is -2.20. The molecule has 0 spiro atoms. The van der Waals surface area contributed by atoms with Crippen LogP contribution >= 0.6 is 0 Å². The minimum absolute atomic E-state index is 0.0225. The van der Waals surface area contributed by atoms with Gasteiger partial charge in [0.15, 0.2) is 0 Å². The molecular formula is C26H37N3O. The van der Waals surface area contributed by atoms with Gasteiger partial charge in [-0.3, -0.25) is 14.7 Å². The van der Waals surface area contributed by atoms with E-state index in [0.29, 0.717) is 12.5 Å². The van der Waals surface area contributed by atoms with Crippen LogP contribution < -0.4 is 5.32 Å². The van der Waals surface area contributed by atoms with Crippen molar-refractivity contribution < 1.29 is 4.79 Å². The van der Waals surface area contributed by atoms with E-state index in [-0.39, 0.29) is 17.4 Å². The number of piperidine rings is 1. The van der Waals surface area contributed by atoms with Gasteiger partial charge in [0.05, 0.1) is 11.7 Å². The van der Waals surface area contributed by atoms with E-state index in [2.05, 4.69) is 66.3 Å². The first-order valence-electron chi connectivity index (χ1n) is 11.4. The molecule has 0 saturated carbocycles. The van der Waals surface area contributed by atoms with Crippen LogP contribution in [0.25, 0.3) is 0 Å². The molecule has 2 atom stereocenters. The highest BCUT2D eigenvalue weighted by Gasteiger charge is 2.28. The zero-order chi connectivity index (χ0) is 21.4. The highest BCUT2D eigenvalue weighted by molar-refractivity contribution is 5.77. The standard InChI is InChI=1S/C26H37N3O/c1-26(2,3)20-25(30)28-24(23-14-7-9-16-27-23)19-22-13-8-10-17-29(22)18-15-21-11-5-4-6-12-21/h4-7,9,11-12,14,16,22,24H,8,10,13,15,17-20H2,1-3H3,(H,28,30)/t22-,24+/m1/s1. The van der Waals surface area contributed by atoms with E-state index >= 15 is 0 Å². The number of amides is 1. The summed E-state index contributed by atoms with van der Waals surface area (Å²) in [5.41, 5.74) is 2.33. The Labute approximate surface area is 182 Å². The SMILES string of the molecule is CC(C)(C)CC(=O)N[C@@H](C[C@H]1CCCCN1CCc1ccccc1)c1ccccn1. The van der Waals surface area contributed by atoms with Gasteiger partial charge in [0.25, 0.3) is 0 Å². The zero-order valence-corrected chi connectivity index (χ0v) is 18.8. The van der Waals surface area contributed by atoms with Crippen LogP contribution in [-0.2, 0) is 11.2 Å². The van der Waals surface area contributed by atoms with Crippen molar-refractivity contribution >= 4 is 5.91 Å². The van der Waals surface area contributed by atoms with E-state index in [9.17, 15) is 4.79 Å². The summed E-state index contributed by atoms with van der Waals surface area (Å²) in [6.07, 6.45) is 8.05. The van der Waals surface area contributed by atoms with Gasteiger partial charge in [0.1, 0.15) is 0 Å². The molecule has 0 aliphatic carbocycles. The number of carbonyl (C=O) groups is 1. The van der Waals surface area contributed by atoms with Crippen molar-refractivity contribution in [1.29, 1.82) is 0 Å². The Morgan fingerprint density at radius 2 is 1.90 bits per heavy atom. The Bertz CT molecular complexity index is 770. The molecule has 0 radical (unpaired) electrons. The Balaban J connectivity index is 1.68. The molecule has 1 N–H and O–H groups in total. The topological polar surface area (TPSA) is 45.2 Å². The number of nitrogens with one attached hydrogen (secondary N) is 1. The highest BCUT2D eigenvalue weighted by atomic mass is 16.1. The van der Waals surface area contributed by atoms with Gasteiger partial charge in [-0.15, -0.1) is 0 Å². The van der Waals surface area contributed by atoms with E-state index in [1.54, 1.807) is 0 Å². The second kappa shape index (κ2) is 10.7. The fourth-order valence-corrected chi connectivity index (χ4v) is 4.37. The number of aromatic nitrogens is 1. The van der Waals surface area contributed by atoms with Crippen LogP contribution in [0, 0.1) is 5.41 Å². The molecule has 1 aliphatic heterocycles. The third-order valence-electron chi connectivity index (χ3n) is 5.86. The van der Waals surface area contributed by atoms with Crippen molar-refractivity contribution in [3.63, 3.8) is 0 Å². The molecule has 0 unspecified atom stereocenters. The van der Waals surface area contributed by atoms with Crippen LogP contribution in [0.1, 0.15) is 70.2 Å². The lowest BCUT2D eigenvalue weighted by Gasteiger charge is -2.38. The van der Waals surface area contributed by atoms with Gasteiger partial charge in [-0.05, 0) is 55.3 Å². The Kier molecular flexibility index (Phi) is 8.03. The van der Waals surface area contributed by atoms with Crippen molar-refractivity contribution in [3.8, 4) is 0 Å². The van der Waals surface area contributed by atoms with Crippen LogP contribution in [0.15, 0.2) is 54.7 Å². The van der Waals surface area contributed by atoms with Crippen molar-refractivity contribution in [2.24, 2.45) is 5.41 Å². The van der Waals surface area contributed by atoms with Gasteiger partial charge in [0.2, 0.25) is 5.91 Å². The number of rotatable bonds is 8. The van der Waals surface area contributed by atoms with Crippen LogP contribution in [0.3, 0.4) is 0 Å². The maximum absolute atomic E-state index is 12.7. The third kappa shape index (κ3) is 7.24. The second-order valence-electron chi connectivity index (χ2n) is 9.77. The molecule has 1 aromatic carbocycles. The summed E-state index contributed by atoms with van der Waals surface area (Å²) in [6, 6.07) is 17.2. The predicted molar refractivity (Wildman–Crippen MR) is 123 cm³/mol. The highest BCUT2D eigenvalue weighted by Crippen LogP contribution is 2.27. The maximum atomic E-state index is 12.7. The van der Waals surface area contributed by atoms with Gasteiger partial charge < -0.3 is 5.32 Å². The lowest BCUT2D eigenvalue weighted by Crippen LogP contribution is -2.44. The van der Waals surface area contributed by atoms with E-state index < -0.39 is 0 Å². The summed E-state index contributed by atoms with van der Waals surface area (Å²) in [7, 11) is 0. The molecule has 2 heterocycles. The predicted octanol–water partition coefficient (Wildman–Crippen LogP) is 5.16. The van der Waals surface area contributed by atoms with Gasteiger partial charge >= 0.3 is 0 Å². The fraction of sp³-hybridized carbons (Fsp3) is 0.538. The first-order chi connectivity index (χ1) is 14.4. The second-order valence-corrected chi connectivity index (χ2v) is 9.77. The number of pyridine rings is 1. The van der Waals surface area contributed by atoms with E-state index in [1.807, 2.05) is 24.4 Å². The average molecular weight is 408 g/mol. The van der Waals surface area contributed by atoms with Crippen molar-refractivity contribution in [1.82, 2.24) is 15.2 Å². The number of carbonyl (C=O) groups excluding carboxylic acids is 1. The van der Waals surface area contributed by atoms with Crippen molar-refractivity contribution in [2.75, 3.05) is 13.1 Å². The molecule has 2 aromatic rings. The van der Waals surface area contributed by atoms with Gasteiger partial charge in [-0.25, -0.2) is 0 Å². The summed E-state index contributed by atoms with van der Waals surface area (Å²) < 4.78 is 0. The summed E-state index contributed by atoms with van der Waals surface area (Å²) in [5, 5.41) is 3.30. The maximum Gasteiger partial charge on any atom is 0.221 e. The number of likely N-dealkylation sites (tertiary alicyclic amines) is 1. The molecule has 3 rings (SSSR count). The normalized spacial score (nSPS) is 18.7. The summed E-state index contributed by atoms with van der Waals surface area (Å²) >= 11 is 0. The monoisotopic (exact) mass is 407 g/mol. The summed E-state index contributed by atoms with van der Waals surface area (Å²) in [6.45, 7) is 8.53. The molecule has 1 fully saturated rings. The van der Waals surface area contributed by atoms with E-state index in [1.165, 1.54) is 24.8 Å². The summed E-state index contributed by atoms with van der Waals surface area (Å²) in [5.74, 6) is 0.116. The Morgan fingerprint density at radius 1 is 1.13 bits per heavy atom. The first kappa shape index (κ1) is 22.5. The van der Waals surface area contributed by atoms with E-state index in [4.69, 9.17) is 0 Å². The van der Waals surface area contributed by atoms with Crippen molar-refractivity contribution in [3.05, 3.63) is 66.0 Å². The number of hydrogen-bond donors (Lipinski definition) is 1. The lowest BCUT2D eigenvalue weighted by atomic mass is 9.90. The average Bonchev–Trinajstić information content (AvgIpc) is 2.73. The fourth-order valence-electron chi connectivity index (χ4n) is 4.37. The molecule has 1 aliphatic rings. The third-order valence-corrected chi connectivity index (χ3v) is 5.86. The van der Waals surface area contributed by atoms with E-state index in [0.717, 1.165) is 31.6 Å². The largest absolute Gasteiger partial charge is 0.348 e. The van der Waals surface area contributed by atoms with Crippen LogP contribution in [0.4, 0.5) is 0 Å². The Morgan fingerprint density at radius 3 is 2.60 bits per heavy atom. The number of benzene rings is 1. The van der Waals surface area contributed by atoms with Gasteiger partial charge in [-0.1, -0.05) is 63.6 Å². The molecule has 1 saturated heterocycles. The number of nitrogens with zero attached hydrogens (tertiary/aromatic N) is 2. The first-order valence-corrected chi connectivity index (χ1v) is 11.4. The van der Waals surface area contributed by atoms with Gasteiger partial charge in [0, 0.05) is 25.2 Å². The molecule has 4 heteroatoms. The van der Waals surface area contributed by atoms with Crippen LogP contribution in [0.5, 0.6) is 0 Å². The quantitative estimate of drug-likeness (QED) is 0.657. The molecule has 1 amide bonds.